The number of benzene rings is 1. The maximum atomic E-state index is 9.00. The van der Waals surface area contributed by atoms with E-state index in [-0.39, 0.29) is 0 Å². The molecule has 0 amide bonds. The van der Waals surface area contributed by atoms with Gasteiger partial charge in [0.25, 0.3) is 23.9 Å². The monoisotopic (exact) mass is 480 g/mol. The van der Waals surface area contributed by atoms with Crippen LogP contribution in [-0.2, 0) is 19.2 Å². The average molecular weight is 481 g/mol. The molecule has 3 rings (SSSR count). The second kappa shape index (κ2) is 22.0. The molecule has 8 N–H and O–H groups in total. The van der Waals surface area contributed by atoms with Gasteiger partial charge in [-0.25, -0.2) is 0 Å². The number of hydrogen-bond donors (Lipinski definition) is 6. The summed E-state index contributed by atoms with van der Waals surface area (Å²) in [4.78, 5) is 44.7. The summed E-state index contributed by atoms with van der Waals surface area (Å²) in [6.45, 7) is 5.53. The van der Waals surface area contributed by atoms with E-state index in [0.29, 0.717) is 13.1 Å². The third kappa shape index (κ3) is 25.9. The molecular weight excluding hydrogens is 448 g/mol. The Morgan fingerprint density at radius 2 is 0.853 bits per heavy atom. The summed E-state index contributed by atoms with van der Waals surface area (Å²) in [5.74, 6) is -3.33. The van der Waals surface area contributed by atoms with Crippen molar-refractivity contribution in [2.45, 2.75) is 27.7 Å². The molecule has 0 aliphatic rings. The van der Waals surface area contributed by atoms with E-state index < -0.39 is 23.9 Å². The summed E-state index contributed by atoms with van der Waals surface area (Å²) in [7, 11) is 0. The fraction of sp³-hybridized carbons (Fsp3) is 0.273. The van der Waals surface area contributed by atoms with Gasteiger partial charge in [0.1, 0.15) is 0 Å². The van der Waals surface area contributed by atoms with Crippen LogP contribution in [0.1, 0.15) is 27.7 Å². The Morgan fingerprint density at radius 1 is 0.618 bits per heavy atom. The average Bonchev–Trinajstić information content (AvgIpc) is 2.72. The Morgan fingerprint density at radius 3 is 1.06 bits per heavy atom. The van der Waals surface area contributed by atoms with E-state index in [4.69, 9.17) is 51.1 Å². The number of aromatic nitrogens is 2. The second-order valence-electron chi connectivity index (χ2n) is 5.87. The fourth-order valence-electron chi connectivity index (χ4n) is 1.68. The molecule has 0 fully saturated rings. The third-order valence-corrected chi connectivity index (χ3v) is 2.51. The topological polar surface area (TPSA) is 227 Å². The van der Waals surface area contributed by atoms with Crippen molar-refractivity contribution in [3.8, 4) is 0 Å². The highest BCUT2D eigenvalue weighted by Gasteiger charge is 2.00. The van der Waals surface area contributed by atoms with Crippen LogP contribution in [-0.4, -0.2) is 67.4 Å². The van der Waals surface area contributed by atoms with Crippen LogP contribution in [0.25, 0.3) is 21.8 Å². The molecule has 2 aromatic heterocycles. The number of aliphatic carboxylic acids is 4. The molecule has 0 bridgehead atoms. The first-order valence-corrected chi connectivity index (χ1v) is 9.56. The molecule has 0 aliphatic heterocycles. The summed E-state index contributed by atoms with van der Waals surface area (Å²) in [5.41, 5.74) is 11.8. The molecule has 0 atom stereocenters. The highest BCUT2D eigenvalue weighted by molar-refractivity contribution is 6.02. The first-order chi connectivity index (χ1) is 15.8. The molecule has 1 aromatic carbocycles. The van der Waals surface area contributed by atoms with Gasteiger partial charge in [-0.3, -0.25) is 29.1 Å². The van der Waals surface area contributed by atoms with Crippen LogP contribution in [0.4, 0.5) is 0 Å². The van der Waals surface area contributed by atoms with Crippen molar-refractivity contribution in [3.05, 3.63) is 48.8 Å². The lowest BCUT2D eigenvalue weighted by Crippen LogP contribution is -2.11. The number of carbonyl (C=O) groups is 4. The SMILES string of the molecule is CC(=O)O.CC(=O)O.CC(=O)O.CC(=O)O.NCCN.c1cnc2c(c1)ccc1cccnc12. The standard InChI is InChI=1S/C12H8N2.C2H8N2.4C2H4O2/c1-3-9-5-6-10-4-2-8-14-12(10)11(9)13-7-1;3-1-2-4;4*1-2(3)4/h1-8H;1-4H2;4*1H3,(H,3,4). The minimum atomic E-state index is -0.833. The number of pyridine rings is 2. The van der Waals surface area contributed by atoms with Crippen molar-refractivity contribution in [1.82, 2.24) is 9.97 Å². The van der Waals surface area contributed by atoms with Crippen LogP contribution in [0.15, 0.2) is 48.8 Å². The van der Waals surface area contributed by atoms with E-state index in [0.717, 1.165) is 49.5 Å². The highest BCUT2D eigenvalue weighted by atomic mass is 16.4. The van der Waals surface area contributed by atoms with Gasteiger partial charge in [0.2, 0.25) is 0 Å². The van der Waals surface area contributed by atoms with Crippen LogP contribution < -0.4 is 11.5 Å². The van der Waals surface area contributed by atoms with Crippen LogP contribution in [0.5, 0.6) is 0 Å². The lowest BCUT2D eigenvalue weighted by Gasteiger charge is -2.00. The van der Waals surface area contributed by atoms with E-state index in [1.54, 1.807) is 12.4 Å². The van der Waals surface area contributed by atoms with Crippen LogP contribution in [0.2, 0.25) is 0 Å². The third-order valence-electron chi connectivity index (χ3n) is 2.51. The van der Waals surface area contributed by atoms with Gasteiger partial charge in [-0.15, -0.1) is 0 Å². The molecule has 188 valence electrons. The molecule has 2 heterocycles. The Balaban J connectivity index is -0.000000403. The summed E-state index contributed by atoms with van der Waals surface area (Å²) >= 11 is 0. The van der Waals surface area contributed by atoms with Gasteiger partial charge in [0.15, 0.2) is 0 Å². The fourth-order valence-corrected chi connectivity index (χ4v) is 1.68. The molecule has 3 aromatic rings. The van der Waals surface area contributed by atoms with E-state index in [9.17, 15) is 0 Å². The lowest BCUT2D eigenvalue weighted by molar-refractivity contribution is -0.135. The van der Waals surface area contributed by atoms with Crippen molar-refractivity contribution in [1.29, 1.82) is 0 Å². The molecule has 12 heteroatoms. The molecular formula is C22H32N4O8. The summed E-state index contributed by atoms with van der Waals surface area (Å²) in [6.07, 6.45) is 3.60. The Hall–Kier alpha value is -4.16. The van der Waals surface area contributed by atoms with Gasteiger partial charge in [-0.1, -0.05) is 24.3 Å². The second-order valence-corrected chi connectivity index (χ2v) is 5.87. The molecule has 0 saturated carbocycles. The minimum Gasteiger partial charge on any atom is -0.481 e. The number of nitrogens with zero attached hydrogens (tertiary/aromatic N) is 2. The number of carboxylic acids is 4. The van der Waals surface area contributed by atoms with Gasteiger partial charge in [-0.2, -0.15) is 0 Å². The number of carboxylic acid groups (broad SMARTS) is 4. The summed E-state index contributed by atoms with van der Waals surface area (Å²) in [5, 5.41) is 31.9. The molecule has 34 heavy (non-hydrogen) atoms. The number of nitrogens with two attached hydrogens (primary N) is 2. The van der Waals surface area contributed by atoms with Crippen molar-refractivity contribution < 1.29 is 39.6 Å². The van der Waals surface area contributed by atoms with Crippen molar-refractivity contribution in [2.24, 2.45) is 11.5 Å². The predicted molar refractivity (Wildman–Crippen MR) is 128 cm³/mol. The first kappa shape index (κ1) is 34.5. The molecule has 0 unspecified atom stereocenters. The maximum absolute atomic E-state index is 9.00. The van der Waals surface area contributed by atoms with E-state index in [1.165, 1.54) is 0 Å². The van der Waals surface area contributed by atoms with Gasteiger partial charge in [-0.05, 0) is 12.1 Å². The van der Waals surface area contributed by atoms with Gasteiger partial charge in [0, 0.05) is 64.0 Å². The molecule has 0 spiro atoms. The zero-order chi connectivity index (χ0) is 27.1. The van der Waals surface area contributed by atoms with Crippen LogP contribution >= 0.6 is 0 Å². The van der Waals surface area contributed by atoms with E-state index in [1.807, 2.05) is 12.1 Å². The zero-order valence-electron chi connectivity index (χ0n) is 19.5. The first-order valence-electron chi connectivity index (χ1n) is 9.56. The summed E-state index contributed by atoms with van der Waals surface area (Å²) < 4.78 is 0. The zero-order valence-corrected chi connectivity index (χ0v) is 19.5. The number of hydrogen-bond acceptors (Lipinski definition) is 8. The van der Waals surface area contributed by atoms with E-state index in [2.05, 4.69) is 34.2 Å². The predicted octanol–water partition coefficient (Wildman–Crippen LogP) is 2.05. The minimum absolute atomic E-state index is 0.597. The molecule has 12 nitrogen and oxygen atoms in total. The number of fused-ring (bicyclic) bond motifs is 3. The molecule has 0 saturated heterocycles. The van der Waals surface area contributed by atoms with Gasteiger partial charge < -0.3 is 31.9 Å². The Labute approximate surface area is 196 Å². The number of rotatable bonds is 1. The van der Waals surface area contributed by atoms with Crippen molar-refractivity contribution in [2.75, 3.05) is 13.1 Å². The lowest BCUT2D eigenvalue weighted by atomic mass is 10.1. The van der Waals surface area contributed by atoms with Crippen LogP contribution in [0.3, 0.4) is 0 Å². The molecule has 0 aliphatic carbocycles. The van der Waals surface area contributed by atoms with Crippen LogP contribution in [0, 0.1) is 0 Å². The maximum Gasteiger partial charge on any atom is 0.300 e. The van der Waals surface area contributed by atoms with E-state index >= 15 is 0 Å². The Bertz CT molecular complexity index is 892. The normalized spacial score (nSPS) is 8.29. The van der Waals surface area contributed by atoms with Crippen molar-refractivity contribution >= 4 is 45.7 Å². The van der Waals surface area contributed by atoms with Crippen molar-refractivity contribution in [3.63, 3.8) is 0 Å². The summed E-state index contributed by atoms with van der Waals surface area (Å²) in [6, 6.07) is 12.1. The Kier molecular flexibility index (Phi) is 22.3. The smallest absolute Gasteiger partial charge is 0.300 e. The molecule has 0 radical (unpaired) electrons. The highest BCUT2D eigenvalue weighted by Crippen LogP contribution is 2.20. The van der Waals surface area contributed by atoms with Gasteiger partial charge >= 0.3 is 0 Å². The van der Waals surface area contributed by atoms with Gasteiger partial charge in [0.05, 0.1) is 11.0 Å². The largest absolute Gasteiger partial charge is 0.481 e. The quantitative estimate of drug-likeness (QED) is 0.275.